The van der Waals surface area contributed by atoms with Crippen molar-refractivity contribution >= 4 is 28.2 Å². The molecular weight excluding hydrogens is 384 g/mol. The van der Waals surface area contributed by atoms with E-state index in [1.807, 2.05) is 0 Å². The van der Waals surface area contributed by atoms with Gasteiger partial charge in [-0.05, 0) is 36.3 Å². The van der Waals surface area contributed by atoms with E-state index in [-0.39, 0.29) is 33.2 Å². The first-order valence-corrected chi connectivity index (χ1v) is 15.6. The van der Waals surface area contributed by atoms with Crippen LogP contribution < -0.4 is 0 Å². The predicted molar refractivity (Wildman–Crippen MR) is 119 cm³/mol. The van der Waals surface area contributed by atoms with Crippen LogP contribution in [0.15, 0.2) is 35.8 Å². The Bertz CT molecular complexity index is 768. The fourth-order valence-electron chi connectivity index (χ4n) is 2.33. The topological polar surface area (TPSA) is 52.6 Å². The van der Waals surface area contributed by atoms with Crippen molar-refractivity contribution in [2.45, 2.75) is 77.8 Å². The molecule has 1 aromatic rings. The van der Waals surface area contributed by atoms with Gasteiger partial charge in [-0.2, -0.15) is 0 Å². The van der Waals surface area contributed by atoms with Gasteiger partial charge in [0.15, 0.2) is 11.5 Å². The summed E-state index contributed by atoms with van der Waals surface area (Å²) < 4.78 is 12.8. The Kier molecular flexibility index (Phi) is 5.65. The fraction of sp³-hybridized carbons (Fsp3) is 0.545. The fourth-order valence-corrected chi connectivity index (χ4v) is 4.34. The molecule has 0 bridgehead atoms. The first-order chi connectivity index (χ1) is 12.5. The van der Waals surface area contributed by atoms with Crippen LogP contribution in [0.2, 0.25) is 36.3 Å². The van der Waals surface area contributed by atoms with E-state index < -0.39 is 16.6 Å². The lowest BCUT2D eigenvalue weighted by Crippen LogP contribution is -2.45. The van der Waals surface area contributed by atoms with E-state index in [1.165, 1.54) is 0 Å². The van der Waals surface area contributed by atoms with Crippen LogP contribution in [0.3, 0.4) is 0 Å². The highest BCUT2D eigenvalue weighted by atomic mass is 28.4. The number of carbonyl (C=O) groups is 2. The largest absolute Gasteiger partial charge is 0.538 e. The SMILES string of the molecule is CC(C)(C)[Si](C)(C)OC1=C(O[Si](C)(C)C(C)(C)C)C(=O)c2ccccc2C1=O. The van der Waals surface area contributed by atoms with Crippen molar-refractivity contribution in [3.63, 3.8) is 0 Å². The summed E-state index contributed by atoms with van der Waals surface area (Å²) in [5.74, 6) is -0.317. The monoisotopic (exact) mass is 418 g/mol. The molecule has 1 aliphatic carbocycles. The molecule has 2 rings (SSSR count). The number of carbonyl (C=O) groups excluding carboxylic acids is 2. The van der Waals surface area contributed by atoms with Gasteiger partial charge in [0.2, 0.25) is 11.6 Å². The average molecular weight is 419 g/mol. The molecule has 0 heterocycles. The molecule has 0 aliphatic heterocycles. The van der Waals surface area contributed by atoms with Gasteiger partial charge in [0, 0.05) is 11.1 Å². The Morgan fingerprint density at radius 1 is 0.643 bits per heavy atom. The molecule has 4 nitrogen and oxygen atoms in total. The summed E-state index contributed by atoms with van der Waals surface area (Å²) in [6.45, 7) is 20.9. The number of benzene rings is 1. The molecule has 0 spiro atoms. The molecule has 0 unspecified atom stereocenters. The molecule has 0 aromatic heterocycles. The highest BCUT2D eigenvalue weighted by Crippen LogP contribution is 2.43. The minimum absolute atomic E-state index is 0.0973. The zero-order valence-corrected chi connectivity index (χ0v) is 20.9. The second-order valence-corrected chi connectivity index (χ2v) is 20.0. The normalized spacial score (nSPS) is 16.2. The molecule has 154 valence electrons. The quantitative estimate of drug-likeness (QED) is 0.537. The molecule has 1 aromatic carbocycles. The molecule has 1 aliphatic rings. The lowest BCUT2D eigenvalue weighted by molar-refractivity contribution is 0.0887. The summed E-state index contributed by atoms with van der Waals surface area (Å²) in [7, 11) is -4.69. The van der Waals surface area contributed by atoms with Crippen molar-refractivity contribution in [3.05, 3.63) is 46.9 Å². The average Bonchev–Trinajstić information content (AvgIpc) is 2.53. The van der Waals surface area contributed by atoms with Crippen LogP contribution in [0.1, 0.15) is 62.3 Å². The van der Waals surface area contributed by atoms with Crippen molar-refractivity contribution in [2.75, 3.05) is 0 Å². The van der Waals surface area contributed by atoms with Crippen LogP contribution in [0.25, 0.3) is 0 Å². The van der Waals surface area contributed by atoms with Gasteiger partial charge >= 0.3 is 0 Å². The lowest BCUT2D eigenvalue weighted by Gasteiger charge is -2.40. The number of hydrogen-bond acceptors (Lipinski definition) is 4. The van der Waals surface area contributed by atoms with E-state index in [1.54, 1.807) is 24.3 Å². The summed E-state index contributed by atoms with van der Waals surface area (Å²) in [4.78, 5) is 26.7. The summed E-state index contributed by atoms with van der Waals surface area (Å²) >= 11 is 0. The summed E-state index contributed by atoms with van der Waals surface area (Å²) in [5, 5.41) is -0.218. The van der Waals surface area contributed by atoms with Crippen LogP contribution in [-0.4, -0.2) is 28.2 Å². The first kappa shape index (κ1) is 22.6. The van der Waals surface area contributed by atoms with E-state index in [0.29, 0.717) is 11.1 Å². The van der Waals surface area contributed by atoms with Gasteiger partial charge in [-0.25, -0.2) is 0 Å². The van der Waals surface area contributed by atoms with E-state index in [9.17, 15) is 9.59 Å². The number of hydrogen-bond donors (Lipinski definition) is 0. The Labute approximate surface area is 171 Å². The molecule has 0 atom stereocenters. The standard InChI is InChI=1S/C22H34O4Si2/c1-21(2,3)27(7,8)25-19-17(23)15-13-11-12-14-16(15)18(24)20(19)26-28(9,10)22(4,5)6/h11-14H,1-10H3. The summed E-state index contributed by atoms with van der Waals surface area (Å²) in [6.07, 6.45) is 0. The van der Waals surface area contributed by atoms with Crippen LogP contribution in [-0.2, 0) is 8.85 Å². The Morgan fingerprint density at radius 3 is 1.18 bits per heavy atom. The summed E-state index contributed by atoms with van der Waals surface area (Å²) in [6, 6.07) is 6.92. The molecule has 0 fully saturated rings. The van der Waals surface area contributed by atoms with E-state index >= 15 is 0 Å². The number of rotatable bonds is 4. The van der Waals surface area contributed by atoms with Gasteiger partial charge in [0.25, 0.3) is 16.6 Å². The molecule has 6 heteroatoms. The van der Waals surface area contributed by atoms with Crippen LogP contribution in [0.5, 0.6) is 0 Å². The van der Waals surface area contributed by atoms with Gasteiger partial charge in [-0.15, -0.1) is 0 Å². The van der Waals surface area contributed by atoms with Crippen molar-refractivity contribution in [3.8, 4) is 0 Å². The van der Waals surface area contributed by atoms with Crippen LogP contribution >= 0.6 is 0 Å². The molecule has 0 amide bonds. The van der Waals surface area contributed by atoms with Gasteiger partial charge in [0.05, 0.1) is 0 Å². The van der Waals surface area contributed by atoms with Crippen molar-refractivity contribution in [2.24, 2.45) is 0 Å². The smallest absolute Gasteiger partial charge is 0.250 e. The maximum absolute atomic E-state index is 13.3. The third kappa shape index (κ3) is 4.03. The molecule has 0 saturated carbocycles. The zero-order chi connectivity index (χ0) is 21.7. The maximum atomic E-state index is 13.3. The number of ketones is 2. The first-order valence-electron chi connectivity index (χ1n) is 9.80. The van der Waals surface area contributed by atoms with Crippen LogP contribution in [0.4, 0.5) is 0 Å². The zero-order valence-electron chi connectivity index (χ0n) is 18.9. The van der Waals surface area contributed by atoms with Crippen molar-refractivity contribution in [1.82, 2.24) is 0 Å². The molecule has 0 radical (unpaired) electrons. The molecule has 0 saturated heterocycles. The third-order valence-electron chi connectivity index (χ3n) is 6.36. The lowest BCUT2D eigenvalue weighted by atomic mass is 9.92. The predicted octanol–water partition coefficient (Wildman–Crippen LogP) is 6.32. The van der Waals surface area contributed by atoms with E-state index in [0.717, 1.165) is 0 Å². The molecule has 0 N–H and O–H groups in total. The molecule has 28 heavy (non-hydrogen) atoms. The second-order valence-electron chi connectivity index (χ2n) is 10.6. The van der Waals surface area contributed by atoms with Gasteiger partial charge in [-0.1, -0.05) is 65.8 Å². The van der Waals surface area contributed by atoms with Crippen molar-refractivity contribution < 1.29 is 18.4 Å². The van der Waals surface area contributed by atoms with Crippen molar-refractivity contribution in [1.29, 1.82) is 0 Å². The Hall–Kier alpha value is -1.67. The third-order valence-corrected chi connectivity index (χ3v) is 15.0. The van der Waals surface area contributed by atoms with Gasteiger partial charge in [-0.3, -0.25) is 9.59 Å². The maximum Gasteiger partial charge on any atom is 0.250 e. The Morgan fingerprint density at radius 2 is 0.929 bits per heavy atom. The second kappa shape index (κ2) is 6.99. The molecular formula is C22H34O4Si2. The summed E-state index contributed by atoms with van der Waals surface area (Å²) in [5.41, 5.74) is 0.785. The highest BCUT2D eigenvalue weighted by Gasteiger charge is 2.47. The number of fused-ring (bicyclic) bond motifs is 1. The number of Topliss-reactive ketones (excluding diaryl/α,β-unsaturated/α-hetero) is 2. The van der Waals surface area contributed by atoms with Gasteiger partial charge < -0.3 is 8.85 Å². The van der Waals surface area contributed by atoms with E-state index in [2.05, 4.69) is 67.7 Å². The van der Waals surface area contributed by atoms with E-state index in [4.69, 9.17) is 8.85 Å². The van der Waals surface area contributed by atoms with Gasteiger partial charge in [0.1, 0.15) is 0 Å². The number of allylic oxidation sites excluding steroid dienone is 2. The highest BCUT2D eigenvalue weighted by molar-refractivity contribution is 6.75. The minimum Gasteiger partial charge on any atom is -0.538 e. The van der Waals surface area contributed by atoms with Crippen LogP contribution in [0, 0.1) is 0 Å². The Balaban J connectivity index is 2.66. The minimum atomic E-state index is -2.34.